The van der Waals surface area contributed by atoms with Crippen molar-refractivity contribution in [2.75, 3.05) is 5.32 Å². The molecule has 1 aliphatic rings. The molecule has 2 aromatic carbocycles. The quantitative estimate of drug-likeness (QED) is 0.412. The molecule has 1 amide bonds. The van der Waals surface area contributed by atoms with Gasteiger partial charge in [0.1, 0.15) is 0 Å². The number of rotatable bonds is 2. The van der Waals surface area contributed by atoms with Crippen LogP contribution in [0.5, 0.6) is 0 Å². The summed E-state index contributed by atoms with van der Waals surface area (Å²) in [7, 11) is 0. The van der Waals surface area contributed by atoms with Crippen molar-refractivity contribution in [3.63, 3.8) is 0 Å². The van der Waals surface area contributed by atoms with E-state index in [2.05, 4.69) is 24.9 Å². The molecule has 28 heavy (non-hydrogen) atoms. The smallest absolute Gasteiger partial charge is 0.255 e. The summed E-state index contributed by atoms with van der Waals surface area (Å²) in [4.78, 5) is 12.2. The molecule has 0 aromatic heterocycles. The lowest BCUT2D eigenvalue weighted by atomic mass is 9.89. The first-order chi connectivity index (χ1) is 13.2. The van der Waals surface area contributed by atoms with Gasteiger partial charge in [-0.3, -0.25) is 4.79 Å². The van der Waals surface area contributed by atoms with Crippen molar-refractivity contribution in [1.82, 2.24) is 0 Å². The van der Waals surface area contributed by atoms with E-state index in [0.29, 0.717) is 22.1 Å². The highest BCUT2D eigenvalue weighted by Crippen LogP contribution is 2.23. The molecule has 2 N–H and O–H groups in total. The molecule has 0 bridgehead atoms. The van der Waals surface area contributed by atoms with Crippen molar-refractivity contribution >= 4 is 35.8 Å². The van der Waals surface area contributed by atoms with E-state index < -0.39 is 23.4 Å². The molecule has 0 unspecified atom stereocenters. The Kier molecular flexibility index (Phi) is 8.22. The van der Waals surface area contributed by atoms with E-state index in [1.165, 1.54) is 31.0 Å². The predicted molar refractivity (Wildman–Crippen MR) is 107 cm³/mol. The van der Waals surface area contributed by atoms with Gasteiger partial charge in [-0.2, -0.15) is 0 Å². The maximum atomic E-state index is 13.0. The Morgan fingerprint density at radius 2 is 1.68 bits per heavy atom. The van der Waals surface area contributed by atoms with Crippen LogP contribution in [0.25, 0.3) is 0 Å². The topological polar surface area (TPSA) is 49.3 Å². The summed E-state index contributed by atoms with van der Waals surface area (Å²) in [6, 6.07) is 5.66. The van der Waals surface area contributed by atoms with E-state index in [0.717, 1.165) is 18.8 Å². The molecule has 0 atom stereocenters. The molecule has 1 aliphatic carbocycles. The third-order valence-electron chi connectivity index (χ3n) is 4.44. The van der Waals surface area contributed by atoms with Gasteiger partial charge in [0.15, 0.2) is 17.5 Å². The van der Waals surface area contributed by atoms with Crippen LogP contribution in [-0.4, -0.2) is 17.1 Å². The molecule has 0 heterocycles. The van der Waals surface area contributed by atoms with Crippen molar-refractivity contribution in [2.45, 2.75) is 43.6 Å². The summed E-state index contributed by atoms with van der Waals surface area (Å²) in [6.07, 6.45) is 4.52. The van der Waals surface area contributed by atoms with Gasteiger partial charge in [0, 0.05) is 28.3 Å². The molecule has 8 heteroatoms. The molecule has 0 aliphatic heterocycles. The first kappa shape index (κ1) is 22.6. The third-order valence-corrected chi connectivity index (χ3v) is 5.27. The van der Waals surface area contributed by atoms with Crippen LogP contribution in [0.1, 0.15) is 43.0 Å². The normalized spacial score (nSPS) is 18.8. The van der Waals surface area contributed by atoms with Crippen LogP contribution in [0.4, 0.5) is 18.9 Å². The number of carbonyl (C=O) groups is 1. The van der Waals surface area contributed by atoms with Gasteiger partial charge in [0.25, 0.3) is 5.91 Å². The van der Waals surface area contributed by atoms with Crippen LogP contribution in [0, 0.1) is 23.4 Å². The average Bonchev–Trinajstić information content (AvgIpc) is 2.65. The number of anilines is 1. The molecule has 3 nitrogen and oxygen atoms in total. The standard InChI is InChI=1S/C13H7ClF3NOS.C7H14O/c14-8-2-1-6(3-11(8)20)13(19)18-7-4-9(15)12(17)10(16)5-7;1-6-2-4-7(8)5-3-6/h1-5,20H,(H,18,19);6-8H,2-5H2,1H3. The second-order valence-electron chi connectivity index (χ2n) is 6.79. The van der Waals surface area contributed by atoms with Gasteiger partial charge in [0.2, 0.25) is 0 Å². The number of hydrogen-bond donors (Lipinski definition) is 3. The zero-order valence-corrected chi connectivity index (χ0v) is 16.8. The molecular weight excluding hydrogens is 411 g/mol. The maximum Gasteiger partial charge on any atom is 0.255 e. The SMILES string of the molecule is CC1CCC(O)CC1.O=C(Nc1cc(F)c(F)c(F)c1)c1ccc(Cl)c(S)c1. The molecule has 1 fully saturated rings. The number of carbonyl (C=O) groups excluding carboxylic acids is 1. The summed E-state index contributed by atoms with van der Waals surface area (Å²) >= 11 is 9.81. The van der Waals surface area contributed by atoms with Gasteiger partial charge in [-0.25, -0.2) is 13.2 Å². The molecule has 152 valence electrons. The second-order valence-corrected chi connectivity index (χ2v) is 7.68. The first-order valence-electron chi connectivity index (χ1n) is 8.79. The van der Waals surface area contributed by atoms with Crippen LogP contribution >= 0.6 is 24.2 Å². The van der Waals surface area contributed by atoms with Crippen molar-refractivity contribution in [3.8, 4) is 0 Å². The summed E-state index contributed by atoms with van der Waals surface area (Å²) < 4.78 is 38.8. The van der Waals surface area contributed by atoms with Crippen LogP contribution in [0.15, 0.2) is 35.2 Å². The number of hydrogen-bond acceptors (Lipinski definition) is 3. The van der Waals surface area contributed by atoms with E-state index in [-0.39, 0.29) is 17.4 Å². The summed E-state index contributed by atoms with van der Waals surface area (Å²) in [5, 5.41) is 11.6. The summed E-state index contributed by atoms with van der Waals surface area (Å²) in [5.74, 6) is -4.12. The van der Waals surface area contributed by atoms with Gasteiger partial charge in [-0.15, -0.1) is 12.6 Å². The number of nitrogens with one attached hydrogen (secondary N) is 1. The maximum absolute atomic E-state index is 13.0. The minimum absolute atomic E-state index is 0.0196. The van der Waals surface area contributed by atoms with Crippen LogP contribution < -0.4 is 5.32 Å². The number of benzene rings is 2. The number of thiol groups is 1. The molecule has 0 radical (unpaired) electrons. The van der Waals surface area contributed by atoms with Gasteiger partial charge in [0.05, 0.1) is 11.1 Å². The van der Waals surface area contributed by atoms with Crippen LogP contribution in [-0.2, 0) is 0 Å². The van der Waals surface area contributed by atoms with Gasteiger partial charge < -0.3 is 10.4 Å². The zero-order chi connectivity index (χ0) is 20.8. The van der Waals surface area contributed by atoms with Crippen molar-refractivity contribution < 1.29 is 23.1 Å². The highest BCUT2D eigenvalue weighted by atomic mass is 35.5. The zero-order valence-electron chi connectivity index (χ0n) is 15.2. The predicted octanol–water partition coefficient (Wildman–Crippen LogP) is 5.86. The second kappa shape index (κ2) is 10.2. The number of aliphatic hydroxyl groups is 1. The molecule has 3 rings (SSSR count). The van der Waals surface area contributed by atoms with Gasteiger partial charge in [-0.05, 0) is 49.8 Å². The largest absolute Gasteiger partial charge is 0.393 e. The van der Waals surface area contributed by atoms with Crippen molar-refractivity contribution in [3.05, 3.63) is 58.4 Å². The Labute approximate surface area is 172 Å². The molecule has 2 aromatic rings. The lowest BCUT2D eigenvalue weighted by molar-refractivity contribution is 0.102. The average molecular weight is 432 g/mol. The van der Waals surface area contributed by atoms with E-state index in [4.69, 9.17) is 16.7 Å². The van der Waals surface area contributed by atoms with Crippen LogP contribution in [0.3, 0.4) is 0 Å². The number of aliphatic hydroxyl groups excluding tert-OH is 1. The van der Waals surface area contributed by atoms with E-state index in [9.17, 15) is 18.0 Å². The molecular formula is C20H21ClF3NO2S. The fourth-order valence-electron chi connectivity index (χ4n) is 2.73. The monoisotopic (exact) mass is 431 g/mol. The lowest BCUT2D eigenvalue weighted by Gasteiger charge is -2.21. The lowest BCUT2D eigenvalue weighted by Crippen LogP contribution is -2.15. The molecule has 0 saturated heterocycles. The number of amides is 1. The summed E-state index contributed by atoms with van der Waals surface area (Å²) in [6.45, 7) is 2.26. The minimum Gasteiger partial charge on any atom is -0.393 e. The van der Waals surface area contributed by atoms with Crippen LogP contribution in [0.2, 0.25) is 5.02 Å². The van der Waals surface area contributed by atoms with E-state index in [1.54, 1.807) is 0 Å². The Balaban J connectivity index is 0.000000292. The molecule has 0 spiro atoms. The Hall–Kier alpha value is -1.70. The molecule has 1 saturated carbocycles. The van der Waals surface area contributed by atoms with Crippen molar-refractivity contribution in [1.29, 1.82) is 0 Å². The fraction of sp³-hybridized carbons (Fsp3) is 0.350. The minimum atomic E-state index is -1.59. The Bertz CT molecular complexity index is 809. The van der Waals surface area contributed by atoms with Gasteiger partial charge in [-0.1, -0.05) is 18.5 Å². The Morgan fingerprint density at radius 3 is 2.18 bits per heavy atom. The number of halogens is 4. The highest BCUT2D eigenvalue weighted by Gasteiger charge is 2.15. The van der Waals surface area contributed by atoms with Crippen molar-refractivity contribution in [2.24, 2.45) is 5.92 Å². The van der Waals surface area contributed by atoms with Gasteiger partial charge >= 0.3 is 0 Å². The Morgan fingerprint density at radius 1 is 1.11 bits per heavy atom. The van der Waals surface area contributed by atoms with E-state index in [1.807, 2.05) is 0 Å². The fourth-order valence-corrected chi connectivity index (χ4v) is 3.06. The van der Waals surface area contributed by atoms with E-state index >= 15 is 0 Å². The first-order valence-corrected chi connectivity index (χ1v) is 9.62. The highest BCUT2D eigenvalue weighted by molar-refractivity contribution is 7.80. The summed E-state index contributed by atoms with van der Waals surface area (Å²) in [5.41, 5.74) is 0.00612. The third kappa shape index (κ3) is 6.43.